The quantitative estimate of drug-likeness (QED) is 0.756. The zero-order valence-corrected chi connectivity index (χ0v) is 8.16. The molecule has 0 aliphatic rings. The van der Waals surface area contributed by atoms with E-state index in [1.807, 2.05) is 6.92 Å². The topological polar surface area (TPSA) is 45.8 Å². The molecule has 0 spiro atoms. The van der Waals surface area contributed by atoms with E-state index in [-0.39, 0.29) is 10.8 Å². The van der Waals surface area contributed by atoms with Gasteiger partial charge < -0.3 is 0 Å². The first-order valence-electron chi connectivity index (χ1n) is 3.09. The summed E-state index contributed by atoms with van der Waals surface area (Å²) in [6, 6.07) is 0. The first-order chi connectivity index (χ1) is 5.15. The van der Waals surface area contributed by atoms with Gasteiger partial charge in [0.15, 0.2) is 0 Å². The van der Waals surface area contributed by atoms with Crippen molar-refractivity contribution >= 4 is 27.5 Å². The van der Waals surface area contributed by atoms with Crippen LogP contribution in [0.3, 0.4) is 0 Å². The van der Waals surface area contributed by atoms with E-state index in [0.29, 0.717) is 16.6 Å². The molecule has 1 heterocycles. The maximum Gasteiger partial charge on any atom is 0.266 e. The Labute approximate surface area is 76.9 Å². The lowest BCUT2D eigenvalue weighted by atomic mass is 10.3. The van der Waals surface area contributed by atoms with Crippen LogP contribution in [0.15, 0.2) is 9.27 Å². The molecular formula is C6H6BrClN2O. The van der Waals surface area contributed by atoms with Crippen LogP contribution >= 0.6 is 27.5 Å². The summed E-state index contributed by atoms with van der Waals surface area (Å²) in [5.74, 6) is 0. The summed E-state index contributed by atoms with van der Waals surface area (Å²) in [5, 5.41) is 0.134. The summed E-state index contributed by atoms with van der Waals surface area (Å²) in [6.45, 7) is 1.91. The Morgan fingerprint density at radius 2 is 2.36 bits per heavy atom. The summed E-state index contributed by atoms with van der Waals surface area (Å²) < 4.78 is 0.462. The van der Waals surface area contributed by atoms with Crippen LogP contribution in [0.5, 0.6) is 0 Å². The van der Waals surface area contributed by atoms with Gasteiger partial charge in [-0.3, -0.25) is 9.78 Å². The lowest BCUT2D eigenvalue weighted by molar-refractivity contribution is 0.963. The van der Waals surface area contributed by atoms with Gasteiger partial charge in [0.2, 0.25) is 5.28 Å². The molecule has 0 aromatic carbocycles. The minimum Gasteiger partial charge on any atom is -0.296 e. The van der Waals surface area contributed by atoms with Crippen molar-refractivity contribution in [2.45, 2.75) is 13.3 Å². The molecule has 0 aliphatic carbocycles. The number of aromatic nitrogens is 2. The van der Waals surface area contributed by atoms with Crippen molar-refractivity contribution in [3.63, 3.8) is 0 Å². The minimum atomic E-state index is -0.234. The summed E-state index contributed by atoms with van der Waals surface area (Å²) in [5.41, 5.74) is 0.445. The van der Waals surface area contributed by atoms with Crippen molar-refractivity contribution in [2.24, 2.45) is 0 Å². The van der Waals surface area contributed by atoms with Crippen molar-refractivity contribution in [1.82, 2.24) is 9.97 Å². The highest BCUT2D eigenvalue weighted by Crippen LogP contribution is 2.10. The van der Waals surface area contributed by atoms with Crippen molar-refractivity contribution in [1.29, 1.82) is 0 Å². The molecule has 0 unspecified atom stereocenters. The molecular weight excluding hydrogens is 231 g/mol. The Hall–Kier alpha value is -0.350. The van der Waals surface area contributed by atoms with Crippen LogP contribution < -0.4 is 5.56 Å². The van der Waals surface area contributed by atoms with Crippen LogP contribution in [0.4, 0.5) is 0 Å². The van der Waals surface area contributed by atoms with Crippen LogP contribution in [-0.4, -0.2) is 9.97 Å². The molecule has 1 aromatic rings. The van der Waals surface area contributed by atoms with Gasteiger partial charge >= 0.3 is 0 Å². The number of aryl methyl sites for hydroxylation is 1. The number of hydrogen-bond acceptors (Lipinski definition) is 2. The highest BCUT2D eigenvalue weighted by molar-refractivity contribution is 9.10. The van der Waals surface area contributed by atoms with E-state index in [2.05, 4.69) is 25.9 Å². The minimum absolute atomic E-state index is 0.134. The SMILES string of the molecule is CCc1nc(Cl)[nH]c(=O)c1Br. The maximum atomic E-state index is 11.0. The van der Waals surface area contributed by atoms with Gasteiger partial charge in [0.05, 0.1) is 5.69 Å². The average Bonchev–Trinajstić information content (AvgIpc) is 1.96. The third-order valence-electron chi connectivity index (χ3n) is 1.24. The zero-order chi connectivity index (χ0) is 8.43. The summed E-state index contributed by atoms with van der Waals surface area (Å²) in [6.07, 6.45) is 0.685. The lowest BCUT2D eigenvalue weighted by Crippen LogP contribution is -2.11. The molecule has 0 saturated carbocycles. The van der Waals surface area contributed by atoms with Gasteiger partial charge in [-0.15, -0.1) is 0 Å². The second-order valence-corrected chi connectivity index (χ2v) is 3.12. The summed E-state index contributed by atoms with van der Waals surface area (Å²) in [7, 11) is 0. The van der Waals surface area contributed by atoms with Crippen LogP contribution in [-0.2, 0) is 6.42 Å². The number of H-pyrrole nitrogens is 1. The Bertz CT molecular complexity index is 323. The Morgan fingerprint density at radius 1 is 1.73 bits per heavy atom. The molecule has 3 nitrogen and oxygen atoms in total. The number of hydrogen-bond donors (Lipinski definition) is 1. The van der Waals surface area contributed by atoms with E-state index in [4.69, 9.17) is 11.6 Å². The van der Waals surface area contributed by atoms with Gasteiger partial charge in [-0.25, -0.2) is 4.98 Å². The lowest BCUT2D eigenvalue weighted by Gasteiger charge is -1.97. The van der Waals surface area contributed by atoms with Crippen LogP contribution in [0.2, 0.25) is 5.28 Å². The normalized spacial score (nSPS) is 10.1. The highest BCUT2D eigenvalue weighted by atomic mass is 79.9. The molecule has 11 heavy (non-hydrogen) atoms. The summed E-state index contributed by atoms with van der Waals surface area (Å²) >= 11 is 8.62. The standard InChI is InChI=1S/C6H6BrClN2O/c1-2-3-4(7)5(11)10-6(8)9-3/h2H2,1H3,(H,9,10,11). The second kappa shape index (κ2) is 3.36. The van der Waals surface area contributed by atoms with Crippen molar-refractivity contribution in [2.75, 3.05) is 0 Å². The van der Waals surface area contributed by atoms with Gasteiger partial charge in [-0.2, -0.15) is 0 Å². The van der Waals surface area contributed by atoms with E-state index in [1.165, 1.54) is 0 Å². The van der Waals surface area contributed by atoms with Gasteiger partial charge in [-0.05, 0) is 34.0 Å². The number of aromatic amines is 1. The van der Waals surface area contributed by atoms with Crippen LogP contribution in [0.25, 0.3) is 0 Å². The van der Waals surface area contributed by atoms with Crippen LogP contribution in [0, 0.1) is 0 Å². The van der Waals surface area contributed by atoms with Gasteiger partial charge in [0, 0.05) is 0 Å². The van der Waals surface area contributed by atoms with Gasteiger partial charge in [0.25, 0.3) is 5.56 Å². The molecule has 0 aliphatic heterocycles. The predicted octanol–water partition coefficient (Wildman–Crippen LogP) is 1.75. The predicted molar refractivity (Wildman–Crippen MR) is 46.9 cm³/mol. The second-order valence-electron chi connectivity index (χ2n) is 1.97. The molecule has 0 atom stereocenters. The van der Waals surface area contributed by atoms with E-state index in [0.717, 1.165) is 0 Å². The number of nitrogens with one attached hydrogen (secondary N) is 1. The third kappa shape index (κ3) is 1.81. The van der Waals surface area contributed by atoms with Crippen LogP contribution in [0.1, 0.15) is 12.6 Å². The largest absolute Gasteiger partial charge is 0.296 e. The number of nitrogens with zero attached hydrogens (tertiary/aromatic N) is 1. The van der Waals surface area contributed by atoms with Crippen molar-refractivity contribution in [3.05, 3.63) is 25.8 Å². The zero-order valence-electron chi connectivity index (χ0n) is 5.82. The Kier molecular flexibility index (Phi) is 2.67. The fourth-order valence-electron chi connectivity index (χ4n) is 0.709. The molecule has 0 bridgehead atoms. The molecule has 0 saturated heterocycles. The van der Waals surface area contributed by atoms with Crippen molar-refractivity contribution in [3.8, 4) is 0 Å². The van der Waals surface area contributed by atoms with E-state index < -0.39 is 0 Å². The smallest absolute Gasteiger partial charge is 0.266 e. The molecule has 1 rings (SSSR count). The summed E-state index contributed by atoms with van der Waals surface area (Å²) in [4.78, 5) is 17.3. The Balaban J connectivity index is 3.36. The molecule has 0 amide bonds. The van der Waals surface area contributed by atoms with Crippen molar-refractivity contribution < 1.29 is 0 Å². The Morgan fingerprint density at radius 3 is 2.91 bits per heavy atom. The maximum absolute atomic E-state index is 11.0. The van der Waals surface area contributed by atoms with E-state index >= 15 is 0 Å². The molecule has 1 aromatic heterocycles. The fraction of sp³-hybridized carbons (Fsp3) is 0.333. The number of halogens is 2. The molecule has 0 fully saturated rings. The average molecular weight is 237 g/mol. The monoisotopic (exact) mass is 236 g/mol. The highest BCUT2D eigenvalue weighted by Gasteiger charge is 2.04. The first kappa shape index (κ1) is 8.74. The first-order valence-corrected chi connectivity index (χ1v) is 4.26. The van der Waals surface area contributed by atoms with Gasteiger partial charge in [-0.1, -0.05) is 6.92 Å². The molecule has 0 radical (unpaired) electrons. The number of rotatable bonds is 1. The van der Waals surface area contributed by atoms with Gasteiger partial charge in [0.1, 0.15) is 4.47 Å². The van der Waals surface area contributed by atoms with E-state index in [1.54, 1.807) is 0 Å². The molecule has 5 heteroatoms. The van der Waals surface area contributed by atoms with E-state index in [9.17, 15) is 4.79 Å². The third-order valence-corrected chi connectivity index (χ3v) is 2.23. The molecule has 1 N–H and O–H groups in total. The molecule has 60 valence electrons. The fourth-order valence-corrected chi connectivity index (χ4v) is 1.37.